The third kappa shape index (κ3) is 6.93. The second kappa shape index (κ2) is 11.7. The molecular formula is C26H25N3O7S. The molecule has 10 nitrogen and oxygen atoms in total. The second-order valence-corrected chi connectivity index (χ2v) is 9.64. The molecule has 0 fully saturated rings. The van der Waals surface area contributed by atoms with Crippen LogP contribution < -0.4 is 9.46 Å². The molecule has 11 heteroatoms. The van der Waals surface area contributed by atoms with E-state index in [4.69, 9.17) is 13.9 Å². The van der Waals surface area contributed by atoms with Gasteiger partial charge in [0.2, 0.25) is 10.0 Å². The highest BCUT2D eigenvalue weighted by Crippen LogP contribution is 2.33. The average Bonchev–Trinajstić information content (AvgIpc) is 3.61. The maximum Gasteiger partial charge on any atom is 0.321 e. The molecule has 1 aliphatic heterocycles. The van der Waals surface area contributed by atoms with E-state index in [9.17, 15) is 18.0 Å². The Bertz CT molecular complexity index is 1380. The van der Waals surface area contributed by atoms with Crippen molar-refractivity contribution in [3.63, 3.8) is 0 Å². The van der Waals surface area contributed by atoms with Gasteiger partial charge in [-0.25, -0.2) is 18.1 Å². The molecule has 2 aromatic carbocycles. The lowest BCUT2D eigenvalue weighted by atomic mass is 10.0. The molecular weight excluding hydrogens is 498 g/mol. The number of methoxy groups -OCH3 is 1. The predicted octanol–water partition coefficient (Wildman–Crippen LogP) is 3.10. The molecule has 2 heterocycles. The monoisotopic (exact) mass is 523 g/mol. The van der Waals surface area contributed by atoms with Crippen molar-refractivity contribution in [1.82, 2.24) is 9.73 Å². The van der Waals surface area contributed by atoms with Crippen LogP contribution in [0.15, 0.2) is 87.9 Å². The third-order valence-corrected chi connectivity index (χ3v) is 6.52. The van der Waals surface area contributed by atoms with Gasteiger partial charge in [0.25, 0.3) is 5.91 Å². The van der Waals surface area contributed by atoms with E-state index in [-0.39, 0.29) is 0 Å². The summed E-state index contributed by atoms with van der Waals surface area (Å²) in [5.41, 5.74) is 2.15. The minimum Gasteiger partial charge on any atom is -0.497 e. The maximum atomic E-state index is 12.9. The molecule has 1 aliphatic rings. The molecule has 0 aliphatic carbocycles. The van der Waals surface area contributed by atoms with Crippen molar-refractivity contribution in [2.45, 2.75) is 12.5 Å². The van der Waals surface area contributed by atoms with Crippen molar-refractivity contribution in [3.8, 4) is 5.75 Å². The molecule has 1 aromatic heterocycles. The Hall–Kier alpha value is -4.22. The summed E-state index contributed by atoms with van der Waals surface area (Å²) in [5.74, 6) is -0.260. The predicted molar refractivity (Wildman–Crippen MR) is 136 cm³/mol. The Kier molecular flexibility index (Phi) is 8.16. The molecule has 1 unspecified atom stereocenters. The van der Waals surface area contributed by atoms with Crippen molar-refractivity contribution in [2.75, 3.05) is 20.3 Å². The van der Waals surface area contributed by atoms with Crippen LogP contribution in [0.2, 0.25) is 0 Å². The highest BCUT2D eigenvalue weighted by atomic mass is 32.2. The summed E-state index contributed by atoms with van der Waals surface area (Å²) in [6.45, 7) is -1.24. The minimum atomic E-state index is -3.88. The second-order valence-electron chi connectivity index (χ2n) is 7.99. The normalized spacial score (nSPS) is 15.5. The van der Waals surface area contributed by atoms with Crippen LogP contribution >= 0.6 is 0 Å². The number of carbonyl (C=O) groups is 2. The van der Waals surface area contributed by atoms with Crippen molar-refractivity contribution < 1.29 is 31.9 Å². The van der Waals surface area contributed by atoms with E-state index in [1.54, 1.807) is 55.6 Å². The van der Waals surface area contributed by atoms with E-state index in [1.165, 1.54) is 17.3 Å². The lowest BCUT2D eigenvalue weighted by Gasteiger charge is -2.19. The summed E-state index contributed by atoms with van der Waals surface area (Å²) in [7, 11) is -2.31. The van der Waals surface area contributed by atoms with Gasteiger partial charge in [-0.3, -0.25) is 9.59 Å². The van der Waals surface area contributed by atoms with Crippen molar-refractivity contribution >= 4 is 33.7 Å². The van der Waals surface area contributed by atoms with E-state index in [0.717, 1.165) is 11.0 Å². The van der Waals surface area contributed by atoms with Crippen LogP contribution in [0.3, 0.4) is 0 Å². The Morgan fingerprint density at radius 3 is 2.54 bits per heavy atom. The summed E-state index contributed by atoms with van der Waals surface area (Å²) in [5, 5.41) is 6.63. The molecule has 4 rings (SSSR count). The minimum absolute atomic E-state index is 0.396. The Labute approximate surface area is 214 Å². The fraction of sp³-hybridized carbons (Fsp3) is 0.192. The van der Waals surface area contributed by atoms with Gasteiger partial charge < -0.3 is 13.9 Å². The van der Waals surface area contributed by atoms with Gasteiger partial charge >= 0.3 is 5.97 Å². The van der Waals surface area contributed by atoms with Crippen molar-refractivity contribution in [2.24, 2.45) is 5.10 Å². The number of rotatable bonds is 10. The van der Waals surface area contributed by atoms with Crippen molar-refractivity contribution in [1.29, 1.82) is 0 Å². The standard InChI is InChI=1S/C26H25N3O7S/c1-34-21-11-9-20(10-12-21)22-16-23(24-8-5-14-35-24)29(28-22)25(30)18-36-26(31)17-27-37(32,33)15-13-19-6-3-2-4-7-19/h2-15,23,27H,16-18H2,1H3/b15-13+. The van der Waals surface area contributed by atoms with Gasteiger partial charge in [-0.2, -0.15) is 5.10 Å². The summed E-state index contributed by atoms with van der Waals surface area (Å²) >= 11 is 0. The quantitative estimate of drug-likeness (QED) is 0.405. The molecule has 1 N–H and O–H groups in total. The first-order valence-electron chi connectivity index (χ1n) is 11.3. The molecule has 192 valence electrons. The number of amides is 1. The first-order chi connectivity index (χ1) is 17.8. The van der Waals surface area contributed by atoms with Gasteiger partial charge in [-0.1, -0.05) is 30.3 Å². The summed E-state index contributed by atoms with van der Waals surface area (Å²) in [4.78, 5) is 25.1. The summed E-state index contributed by atoms with van der Waals surface area (Å²) in [6, 6.07) is 19.0. The molecule has 1 atom stereocenters. The van der Waals surface area contributed by atoms with Crippen LogP contribution in [0.25, 0.3) is 6.08 Å². The van der Waals surface area contributed by atoms with E-state index < -0.39 is 41.1 Å². The number of nitrogens with one attached hydrogen (secondary N) is 1. The summed E-state index contributed by atoms with van der Waals surface area (Å²) < 4.78 is 42.1. The van der Waals surface area contributed by atoms with E-state index >= 15 is 0 Å². The molecule has 1 amide bonds. The molecule has 0 bridgehead atoms. The largest absolute Gasteiger partial charge is 0.497 e. The summed E-state index contributed by atoms with van der Waals surface area (Å²) in [6.07, 6.45) is 3.30. The highest BCUT2D eigenvalue weighted by Gasteiger charge is 2.35. The zero-order valence-electron chi connectivity index (χ0n) is 19.9. The SMILES string of the molecule is COc1ccc(C2=NN(C(=O)COC(=O)CNS(=O)(=O)/C=C/c3ccccc3)C(c3ccco3)C2)cc1. The molecule has 0 radical (unpaired) electrons. The first kappa shape index (κ1) is 25.9. The zero-order chi connectivity index (χ0) is 26.3. The first-order valence-corrected chi connectivity index (χ1v) is 12.8. The van der Waals surface area contributed by atoms with Gasteiger partial charge in [-0.05, 0) is 53.6 Å². The number of carbonyl (C=O) groups excluding carboxylic acids is 2. The molecule has 0 saturated heterocycles. The highest BCUT2D eigenvalue weighted by molar-refractivity contribution is 7.92. The van der Waals surface area contributed by atoms with Gasteiger partial charge in [-0.15, -0.1) is 0 Å². The van der Waals surface area contributed by atoms with Gasteiger partial charge in [0, 0.05) is 11.8 Å². The lowest BCUT2D eigenvalue weighted by Crippen LogP contribution is -2.34. The number of furan rings is 1. The van der Waals surface area contributed by atoms with Gasteiger partial charge in [0.15, 0.2) is 6.61 Å². The lowest BCUT2D eigenvalue weighted by molar-refractivity contribution is -0.152. The van der Waals surface area contributed by atoms with E-state index in [1.807, 2.05) is 18.2 Å². The number of hydrogen-bond donors (Lipinski definition) is 1. The molecule has 37 heavy (non-hydrogen) atoms. The average molecular weight is 524 g/mol. The fourth-order valence-corrected chi connectivity index (χ4v) is 4.35. The Morgan fingerprint density at radius 2 is 1.86 bits per heavy atom. The number of ether oxygens (including phenoxy) is 2. The fourth-order valence-electron chi connectivity index (χ4n) is 3.60. The topological polar surface area (TPSA) is 128 Å². The van der Waals surface area contributed by atoms with Crippen LogP contribution in [-0.4, -0.2) is 51.3 Å². The van der Waals surface area contributed by atoms with Crippen LogP contribution in [0.5, 0.6) is 5.75 Å². The van der Waals surface area contributed by atoms with Crippen LogP contribution in [0.1, 0.15) is 29.3 Å². The van der Waals surface area contributed by atoms with Crippen LogP contribution in [-0.2, 0) is 24.3 Å². The Balaban J connectivity index is 1.36. The van der Waals surface area contributed by atoms with Gasteiger partial charge in [0.1, 0.15) is 24.1 Å². The maximum absolute atomic E-state index is 12.9. The zero-order valence-corrected chi connectivity index (χ0v) is 20.8. The third-order valence-electron chi connectivity index (χ3n) is 5.47. The van der Waals surface area contributed by atoms with Crippen LogP contribution in [0.4, 0.5) is 0 Å². The smallest absolute Gasteiger partial charge is 0.321 e. The molecule has 0 spiro atoms. The van der Waals surface area contributed by atoms with E-state index in [0.29, 0.717) is 29.2 Å². The van der Waals surface area contributed by atoms with Crippen molar-refractivity contribution in [3.05, 3.63) is 95.3 Å². The molecule has 0 saturated carbocycles. The number of esters is 1. The van der Waals surface area contributed by atoms with E-state index in [2.05, 4.69) is 9.82 Å². The number of hydrazone groups is 1. The van der Waals surface area contributed by atoms with Gasteiger partial charge in [0.05, 0.1) is 19.1 Å². The number of nitrogens with zero attached hydrogens (tertiary/aromatic N) is 2. The molecule has 3 aromatic rings. The van der Waals surface area contributed by atoms with Crippen LogP contribution in [0, 0.1) is 0 Å². The number of benzene rings is 2. The Morgan fingerprint density at radius 1 is 1.11 bits per heavy atom. The number of hydrogen-bond acceptors (Lipinski definition) is 8. The number of sulfonamides is 1.